The largest absolute Gasteiger partial charge is 0.354 e. The van der Waals surface area contributed by atoms with Crippen LogP contribution in [0.2, 0.25) is 5.02 Å². The van der Waals surface area contributed by atoms with E-state index in [4.69, 9.17) is 11.6 Å². The molecule has 1 amide bonds. The number of benzene rings is 1. The number of hydrogen-bond acceptors (Lipinski definition) is 6. The Morgan fingerprint density at radius 3 is 2.81 bits per heavy atom. The van der Waals surface area contributed by atoms with Crippen LogP contribution in [0.5, 0.6) is 0 Å². The highest BCUT2D eigenvalue weighted by Gasteiger charge is 2.25. The molecule has 0 aliphatic heterocycles. The summed E-state index contributed by atoms with van der Waals surface area (Å²) in [7, 11) is 4.22. The van der Waals surface area contributed by atoms with E-state index in [0.29, 0.717) is 28.3 Å². The lowest BCUT2D eigenvalue weighted by Crippen LogP contribution is -2.25. The number of carbonyl (C=O) groups is 1. The zero-order valence-electron chi connectivity index (χ0n) is 18.7. The van der Waals surface area contributed by atoms with Gasteiger partial charge in [-0.15, -0.1) is 11.3 Å². The van der Waals surface area contributed by atoms with Gasteiger partial charge < -0.3 is 15.5 Å². The van der Waals surface area contributed by atoms with Gasteiger partial charge in [-0.3, -0.25) is 4.79 Å². The molecule has 32 heavy (non-hydrogen) atoms. The molecule has 1 aromatic carbocycles. The van der Waals surface area contributed by atoms with Crippen LogP contribution >= 0.6 is 22.9 Å². The van der Waals surface area contributed by atoms with Crippen molar-refractivity contribution in [1.29, 1.82) is 0 Å². The van der Waals surface area contributed by atoms with Crippen LogP contribution in [0.25, 0.3) is 20.7 Å². The van der Waals surface area contributed by atoms with Gasteiger partial charge in [-0.25, -0.2) is 9.97 Å². The minimum absolute atomic E-state index is 0.0100. The van der Waals surface area contributed by atoms with Gasteiger partial charge in [0.1, 0.15) is 5.69 Å². The quantitative estimate of drug-likeness (QED) is 0.364. The third-order valence-electron chi connectivity index (χ3n) is 5.51. The first kappa shape index (κ1) is 23.0. The molecule has 170 valence electrons. The standard InChI is InChI=1S/C24H30ClN5OS/c1-30(2)13-6-4-3-5-12-26-24-27-15-19(25)22(29-24)21-14-18-17(8-7-9-20(18)32-21)23(31)28-16-10-11-16/h7-9,14-16H,3-6,10-13H2,1-2H3,(H,28,31)(H,26,27,29). The Morgan fingerprint density at radius 2 is 2.03 bits per heavy atom. The molecule has 8 heteroatoms. The Kier molecular flexibility index (Phi) is 7.60. The summed E-state index contributed by atoms with van der Waals surface area (Å²) in [6, 6.07) is 8.18. The Morgan fingerprint density at radius 1 is 1.22 bits per heavy atom. The SMILES string of the molecule is CN(C)CCCCCCNc1ncc(Cl)c(-c2cc3c(C(=O)NC4CC4)cccc3s2)n1. The summed E-state index contributed by atoms with van der Waals surface area (Å²) in [4.78, 5) is 24.8. The van der Waals surface area contributed by atoms with Gasteiger partial charge in [0.25, 0.3) is 5.91 Å². The van der Waals surface area contributed by atoms with Crippen molar-refractivity contribution in [3.63, 3.8) is 0 Å². The molecule has 2 N–H and O–H groups in total. The maximum absolute atomic E-state index is 12.7. The van der Waals surface area contributed by atoms with Crippen LogP contribution in [0.3, 0.4) is 0 Å². The van der Waals surface area contributed by atoms with Crippen molar-refractivity contribution < 1.29 is 4.79 Å². The number of aromatic nitrogens is 2. The number of rotatable bonds is 11. The zero-order valence-corrected chi connectivity index (χ0v) is 20.2. The molecule has 0 spiro atoms. The summed E-state index contributed by atoms with van der Waals surface area (Å²) in [5.41, 5.74) is 1.40. The summed E-state index contributed by atoms with van der Waals surface area (Å²) in [6.07, 6.45) is 8.50. The third-order valence-corrected chi connectivity index (χ3v) is 6.89. The van der Waals surface area contributed by atoms with E-state index in [-0.39, 0.29) is 5.91 Å². The lowest BCUT2D eigenvalue weighted by Gasteiger charge is -2.09. The Balaban J connectivity index is 1.43. The van der Waals surface area contributed by atoms with E-state index in [1.807, 2.05) is 24.3 Å². The fourth-order valence-electron chi connectivity index (χ4n) is 3.60. The number of carbonyl (C=O) groups excluding carboxylic acids is 1. The van der Waals surface area contributed by atoms with Gasteiger partial charge in [-0.1, -0.05) is 30.5 Å². The number of unbranched alkanes of at least 4 members (excludes halogenated alkanes) is 3. The van der Waals surface area contributed by atoms with E-state index in [0.717, 1.165) is 47.3 Å². The number of anilines is 1. The number of hydrogen-bond donors (Lipinski definition) is 2. The van der Waals surface area contributed by atoms with E-state index in [2.05, 4.69) is 39.6 Å². The van der Waals surface area contributed by atoms with Crippen molar-refractivity contribution in [2.24, 2.45) is 0 Å². The molecule has 0 saturated heterocycles. The van der Waals surface area contributed by atoms with Crippen molar-refractivity contribution in [2.75, 3.05) is 32.5 Å². The van der Waals surface area contributed by atoms with E-state index in [9.17, 15) is 4.79 Å². The molecule has 1 saturated carbocycles. The summed E-state index contributed by atoms with van der Waals surface area (Å²) in [5.74, 6) is 0.575. The highest BCUT2D eigenvalue weighted by atomic mass is 35.5. The molecule has 0 atom stereocenters. The van der Waals surface area contributed by atoms with Gasteiger partial charge in [0.2, 0.25) is 5.95 Å². The fraction of sp³-hybridized carbons (Fsp3) is 0.458. The minimum atomic E-state index is -0.0100. The number of halogens is 1. The Labute approximate surface area is 198 Å². The Bertz CT molecular complexity index is 1080. The van der Waals surface area contributed by atoms with Crippen molar-refractivity contribution in [3.8, 4) is 10.6 Å². The second-order valence-corrected chi connectivity index (χ2v) is 10.1. The lowest BCUT2D eigenvalue weighted by atomic mass is 10.1. The highest BCUT2D eigenvalue weighted by Crippen LogP contribution is 2.37. The zero-order chi connectivity index (χ0) is 22.5. The topological polar surface area (TPSA) is 70.2 Å². The van der Waals surface area contributed by atoms with Gasteiger partial charge in [0.05, 0.1) is 16.1 Å². The Hall–Kier alpha value is -2.22. The average molecular weight is 472 g/mol. The van der Waals surface area contributed by atoms with Crippen LogP contribution in [0.15, 0.2) is 30.5 Å². The van der Waals surface area contributed by atoms with Gasteiger partial charge in [0.15, 0.2) is 0 Å². The van der Waals surface area contributed by atoms with Crippen LogP contribution in [0.1, 0.15) is 48.9 Å². The van der Waals surface area contributed by atoms with Crippen LogP contribution in [-0.4, -0.2) is 54.0 Å². The van der Waals surface area contributed by atoms with Gasteiger partial charge in [-0.2, -0.15) is 0 Å². The molecule has 6 nitrogen and oxygen atoms in total. The first-order chi connectivity index (χ1) is 15.5. The number of fused-ring (bicyclic) bond motifs is 1. The predicted molar refractivity (Wildman–Crippen MR) is 134 cm³/mol. The van der Waals surface area contributed by atoms with Crippen molar-refractivity contribution in [1.82, 2.24) is 20.2 Å². The summed E-state index contributed by atoms with van der Waals surface area (Å²) >= 11 is 8.04. The first-order valence-electron chi connectivity index (χ1n) is 11.3. The molecule has 1 aliphatic rings. The van der Waals surface area contributed by atoms with E-state index >= 15 is 0 Å². The highest BCUT2D eigenvalue weighted by molar-refractivity contribution is 7.22. The molecular weight excluding hydrogens is 442 g/mol. The molecule has 0 radical (unpaired) electrons. The molecule has 2 aromatic heterocycles. The second-order valence-electron chi connectivity index (χ2n) is 8.61. The first-order valence-corrected chi connectivity index (χ1v) is 12.5. The molecule has 1 aliphatic carbocycles. The smallest absolute Gasteiger partial charge is 0.252 e. The molecule has 1 fully saturated rings. The predicted octanol–water partition coefficient (Wildman–Crippen LogP) is 5.44. The molecular formula is C24H30ClN5OS. The fourth-order valence-corrected chi connectivity index (χ4v) is 4.94. The maximum Gasteiger partial charge on any atom is 0.252 e. The summed E-state index contributed by atoms with van der Waals surface area (Å²) in [6.45, 7) is 1.97. The number of thiophene rings is 1. The van der Waals surface area contributed by atoms with Gasteiger partial charge in [-0.05, 0) is 64.5 Å². The summed E-state index contributed by atoms with van der Waals surface area (Å²) in [5, 5.41) is 7.85. The number of nitrogens with zero attached hydrogens (tertiary/aromatic N) is 3. The second kappa shape index (κ2) is 10.6. The maximum atomic E-state index is 12.7. The molecule has 0 bridgehead atoms. The molecule has 2 heterocycles. The van der Waals surface area contributed by atoms with E-state index in [1.165, 1.54) is 19.3 Å². The van der Waals surface area contributed by atoms with Crippen LogP contribution in [0, 0.1) is 0 Å². The minimum Gasteiger partial charge on any atom is -0.354 e. The number of amides is 1. The van der Waals surface area contributed by atoms with Crippen molar-refractivity contribution in [2.45, 2.75) is 44.6 Å². The van der Waals surface area contributed by atoms with Crippen LogP contribution < -0.4 is 10.6 Å². The van der Waals surface area contributed by atoms with E-state index < -0.39 is 0 Å². The van der Waals surface area contributed by atoms with Gasteiger partial charge >= 0.3 is 0 Å². The van der Waals surface area contributed by atoms with Gasteiger partial charge in [0, 0.05) is 28.2 Å². The van der Waals surface area contributed by atoms with E-state index in [1.54, 1.807) is 17.5 Å². The van der Waals surface area contributed by atoms with Crippen molar-refractivity contribution >= 4 is 44.9 Å². The van der Waals surface area contributed by atoms with Crippen LogP contribution in [0.4, 0.5) is 5.95 Å². The molecule has 0 unspecified atom stereocenters. The molecule has 4 rings (SSSR count). The average Bonchev–Trinajstić information content (AvgIpc) is 3.47. The van der Waals surface area contributed by atoms with Crippen LogP contribution in [-0.2, 0) is 0 Å². The van der Waals surface area contributed by atoms with Crippen molar-refractivity contribution in [3.05, 3.63) is 41.0 Å². The third kappa shape index (κ3) is 5.97. The number of nitrogens with one attached hydrogen (secondary N) is 2. The normalized spacial score (nSPS) is 13.6. The lowest BCUT2D eigenvalue weighted by molar-refractivity contribution is 0.0953. The monoisotopic (exact) mass is 471 g/mol. The molecule has 3 aromatic rings. The summed E-state index contributed by atoms with van der Waals surface area (Å²) < 4.78 is 1.05.